The molecule has 0 atom stereocenters. The number of methoxy groups -OCH3 is 1. The number of ether oxygens (including phenoxy) is 1. The van der Waals surface area contributed by atoms with Gasteiger partial charge in [0.15, 0.2) is 0 Å². The van der Waals surface area contributed by atoms with Crippen LogP contribution in [0.2, 0.25) is 5.15 Å². The van der Waals surface area contributed by atoms with Crippen molar-refractivity contribution in [3.63, 3.8) is 0 Å². The monoisotopic (exact) mass is 396 g/mol. The van der Waals surface area contributed by atoms with Gasteiger partial charge >= 0.3 is 0 Å². The van der Waals surface area contributed by atoms with Gasteiger partial charge in [-0.2, -0.15) is 10.2 Å². The predicted molar refractivity (Wildman–Crippen MR) is 111 cm³/mol. The van der Waals surface area contributed by atoms with Crippen LogP contribution in [-0.4, -0.2) is 29.0 Å². The van der Waals surface area contributed by atoms with Gasteiger partial charge in [0.05, 0.1) is 30.3 Å². The van der Waals surface area contributed by atoms with E-state index >= 15 is 0 Å². The average Bonchev–Trinajstić information content (AvgIpc) is 2.97. The molecule has 0 unspecified atom stereocenters. The number of aromatic nitrogens is 2. The zero-order valence-corrected chi connectivity index (χ0v) is 16.9. The van der Waals surface area contributed by atoms with Gasteiger partial charge in [0, 0.05) is 5.56 Å². The van der Waals surface area contributed by atoms with E-state index in [4.69, 9.17) is 16.3 Å². The number of carbonyl (C=O) groups excluding carboxylic acids is 1. The number of halogens is 1. The summed E-state index contributed by atoms with van der Waals surface area (Å²) in [7, 11) is 1.57. The van der Waals surface area contributed by atoms with Crippen LogP contribution >= 0.6 is 11.6 Å². The molecule has 6 nitrogen and oxygen atoms in total. The summed E-state index contributed by atoms with van der Waals surface area (Å²) in [5.74, 6) is 0.357. The fourth-order valence-electron chi connectivity index (χ4n) is 2.73. The molecular formula is C21H21ClN4O2. The molecule has 2 aromatic carbocycles. The van der Waals surface area contributed by atoms with Gasteiger partial charge in [-0.15, -0.1) is 0 Å². The highest BCUT2D eigenvalue weighted by Crippen LogP contribution is 2.24. The second-order valence-electron chi connectivity index (χ2n) is 6.42. The van der Waals surface area contributed by atoms with Crippen molar-refractivity contribution in [2.24, 2.45) is 5.10 Å². The van der Waals surface area contributed by atoms with Crippen LogP contribution in [0.3, 0.4) is 0 Å². The minimum atomic E-state index is -0.324. The van der Waals surface area contributed by atoms with Crippen molar-refractivity contribution < 1.29 is 9.53 Å². The fraction of sp³-hybridized carbons (Fsp3) is 0.190. The maximum absolute atomic E-state index is 12.2. The molecule has 28 heavy (non-hydrogen) atoms. The standard InChI is InChI=1S/C21H21ClN4O2/c1-13-5-6-14(2)19(11-13)26-20(22)18(15(3)25-26)12-23-24-21(27)16-7-9-17(28-4)10-8-16/h5-12H,1-4H3,(H,24,27)/b23-12-. The average molecular weight is 397 g/mol. The van der Waals surface area contributed by atoms with E-state index in [9.17, 15) is 4.79 Å². The van der Waals surface area contributed by atoms with Gasteiger partial charge in [-0.25, -0.2) is 10.1 Å². The molecule has 0 saturated heterocycles. The number of amides is 1. The minimum absolute atomic E-state index is 0.324. The molecule has 1 heterocycles. The van der Waals surface area contributed by atoms with Crippen LogP contribution < -0.4 is 10.2 Å². The Morgan fingerprint density at radius 3 is 2.57 bits per heavy atom. The van der Waals surface area contributed by atoms with E-state index in [-0.39, 0.29) is 5.91 Å². The smallest absolute Gasteiger partial charge is 0.271 e. The lowest BCUT2D eigenvalue weighted by Crippen LogP contribution is -2.17. The third kappa shape index (κ3) is 4.07. The summed E-state index contributed by atoms with van der Waals surface area (Å²) in [6.07, 6.45) is 1.51. The Hall–Kier alpha value is -3.12. The molecule has 1 aromatic heterocycles. The molecule has 144 valence electrons. The van der Waals surface area contributed by atoms with Crippen LogP contribution in [0.15, 0.2) is 47.6 Å². The summed E-state index contributed by atoms with van der Waals surface area (Å²) >= 11 is 6.54. The van der Waals surface area contributed by atoms with E-state index < -0.39 is 0 Å². The van der Waals surface area contributed by atoms with Gasteiger partial charge in [-0.05, 0) is 62.2 Å². The van der Waals surface area contributed by atoms with Gasteiger partial charge in [-0.1, -0.05) is 23.7 Å². The summed E-state index contributed by atoms with van der Waals surface area (Å²) < 4.78 is 6.77. The quantitative estimate of drug-likeness (QED) is 0.518. The number of nitrogens with one attached hydrogen (secondary N) is 1. The van der Waals surface area contributed by atoms with E-state index in [1.807, 2.05) is 39.0 Å². The lowest BCUT2D eigenvalue weighted by molar-refractivity contribution is 0.0955. The molecule has 0 radical (unpaired) electrons. The Balaban J connectivity index is 1.80. The van der Waals surface area contributed by atoms with Gasteiger partial charge in [0.1, 0.15) is 10.9 Å². The SMILES string of the molecule is COc1ccc(C(=O)N/N=C\c2c(C)nn(-c3cc(C)ccc3C)c2Cl)cc1. The van der Waals surface area contributed by atoms with Crippen LogP contribution in [0.4, 0.5) is 0 Å². The third-order valence-corrected chi connectivity index (χ3v) is 4.72. The lowest BCUT2D eigenvalue weighted by atomic mass is 10.1. The topological polar surface area (TPSA) is 68.5 Å². The van der Waals surface area contributed by atoms with E-state index in [1.165, 1.54) is 6.21 Å². The summed E-state index contributed by atoms with van der Waals surface area (Å²) in [4.78, 5) is 12.2. The van der Waals surface area contributed by atoms with Crippen molar-refractivity contribution >= 4 is 23.7 Å². The highest BCUT2D eigenvalue weighted by molar-refractivity contribution is 6.32. The van der Waals surface area contributed by atoms with E-state index in [2.05, 4.69) is 15.6 Å². The number of nitrogens with zero attached hydrogens (tertiary/aromatic N) is 3. The first-order valence-corrected chi connectivity index (χ1v) is 9.08. The molecule has 0 fully saturated rings. The van der Waals surface area contributed by atoms with Gasteiger partial charge in [0.25, 0.3) is 5.91 Å². The number of hydrazone groups is 1. The number of carbonyl (C=O) groups is 1. The Morgan fingerprint density at radius 2 is 1.89 bits per heavy atom. The van der Waals surface area contributed by atoms with Crippen molar-refractivity contribution in [2.45, 2.75) is 20.8 Å². The van der Waals surface area contributed by atoms with Crippen LogP contribution in [-0.2, 0) is 0 Å². The fourth-order valence-corrected chi connectivity index (χ4v) is 3.04. The zero-order chi connectivity index (χ0) is 20.3. The first-order chi connectivity index (χ1) is 13.4. The normalized spacial score (nSPS) is 11.0. The van der Waals surface area contributed by atoms with E-state index in [1.54, 1.807) is 36.1 Å². The largest absolute Gasteiger partial charge is 0.497 e. The molecule has 0 saturated carbocycles. The molecule has 1 amide bonds. The lowest BCUT2D eigenvalue weighted by Gasteiger charge is -2.08. The van der Waals surface area contributed by atoms with E-state index in [0.29, 0.717) is 27.7 Å². The highest BCUT2D eigenvalue weighted by Gasteiger charge is 2.15. The van der Waals surface area contributed by atoms with Crippen LogP contribution in [0.1, 0.15) is 32.7 Å². The van der Waals surface area contributed by atoms with Crippen molar-refractivity contribution in [1.29, 1.82) is 0 Å². The van der Waals surface area contributed by atoms with Crippen molar-refractivity contribution in [3.05, 3.63) is 75.6 Å². The molecule has 0 aliphatic rings. The molecule has 0 spiro atoms. The molecule has 3 rings (SSSR count). The summed E-state index contributed by atoms with van der Waals surface area (Å²) in [5.41, 5.74) is 7.44. The number of rotatable bonds is 5. The number of hydrogen-bond donors (Lipinski definition) is 1. The second kappa shape index (κ2) is 8.27. The molecule has 0 aliphatic carbocycles. The Labute approximate surface area is 168 Å². The zero-order valence-electron chi connectivity index (χ0n) is 16.2. The minimum Gasteiger partial charge on any atom is -0.497 e. The molecule has 7 heteroatoms. The van der Waals surface area contributed by atoms with Crippen molar-refractivity contribution in [3.8, 4) is 11.4 Å². The van der Waals surface area contributed by atoms with Gasteiger partial charge in [-0.3, -0.25) is 4.79 Å². The van der Waals surface area contributed by atoms with Gasteiger partial charge < -0.3 is 4.74 Å². The first-order valence-electron chi connectivity index (χ1n) is 8.71. The number of hydrogen-bond acceptors (Lipinski definition) is 4. The Bertz CT molecular complexity index is 1040. The van der Waals surface area contributed by atoms with Crippen molar-refractivity contribution in [2.75, 3.05) is 7.11 Å². The van der Waals surface area contributed by atoms with E-state index in [0.717, 1.165) is 16.8 Å². The summed E-state index contributed by atoms with van der Waals surface area (Å²) in [6.45, 7) is 5.87. The first kappa shape index (κ1) is 19.6. The maximum Gasteiger partial charge on any atom is 0.271 e. The molecular weight excluding hydrogens is 376 g/mol. The predicted octanol–water partition coefficient (Wildman–Crippen LogP) is 4.22. The summed E-state index contributed by atoms with van der Waals surface area (Å²) in [6, 6.07) is 12.9. The molecule has 0 bridgehead atoms. The number of benzene rings is 2. The maximum atomic E-state index is 12.2. The van der Waals surface area contributed by atoms with Crippen molar-refractivity contribution in [1.82, 2.24) is 15.2 Å². The van der Waals surface area contributed by atoms with Crippen LogP contribution in [0, 0.1) is 20.8 Å². The molecule has 1 N–H and O–H groups in total. The molecule has 3 aromatic rings. The third-order valence-electron chi connectivity index (χ3n) is 4.35. The Kier molecular flexibility index (Phi) is 5.80. The van der Waals surface area contributed by atoms with Gasteiger partial charge in [0.2, 0.25) is 0 Å². The highest BCUT2D eigenvalue weighted by atomic mass is 35.5. The Morgan fingerprint density at radius 1 is 1.18 bits per heavy atom. The molecule has 0 aliphatic heterocycles. The van der Waals surface area contributed by atoms with Crippen LogP contribution in [0.5, 0.6) is 5.75 Å². The van der Waals surface area contributed by atoms with Crippen LogP contribution in [0.25, 0.3) is 5.69 Å². The summed E-state index contributed by atoms with van der Waals surface area (Å²) in [5, 5.41) is 9.00. The second-order valence-corrected chi connectivity index (χ2v) is 6.78. The number of aryl methyl sites for hydroxylation is 3.